The van der Waals surface area contributed by atoms with Crippen LogP contribution in [0.1, 0.15) is 39.0 Å². The molecular weight excluding hydrogens is 132 g/mol. The quantitative estimate of drug-likeness (QED) is 0.501. The van der Waals surface area contributed by atoms with Gasteiger partial charge in [0.15, 0.2) is 0 Å². The van der Waals surface area contributed by atoms with Crippen LogP contribution in [0.25, 0.3) is 0 Å². The second-order valence-electron chi connectivity index (χ2n) is 4.71. The molecule has 0 aromatic rings. The summed E-state index contributed by atoms with van der Waals surface area (Å²) in [6.45, 7) is 2.36. The van der Waals surface area contributed by atoms with E-state index in [0.717, 1.165) is 17.3 Å². The van der Waals surface area contributed by atoms with Crippen LogP contribution in [0.2, 0.25) is 0 Å². The first kappa shape index (κ1) is 6.28. The van der Waals surface area contributed by atoms with Crippen molar-refractivity contribution in [2.45, 2.75) is 39.0 Å². The monoisotopic (exact) mass is 148 g/mol. The second-order valence-corrected chi connectivity index (χ2v) is 4.71. The maximum absolute atomic E-state index is 2.61. The molecule has 2 saturated carbocycles. The van der Waals surface area contributed by atoms with Crippen molar-refractivity contribution in [2.24, 2.45) is 17.3 Å². The number of hydrogen-bond donors (Lipinski definition) is 0. The van der Waals surface area contributed by atoms with E-state index in [2.05, 4.69) is 13.0 Å². The molecule has 3 atom stereocenters. The van der Waals surface area contributed by atoms with Crippen LogP contribution in [0.4, 0.5) is 0 Å². The molecule has 0 heterocycles. The molecule has 0 aromatic carbocycles. The summed E-state index contributed by atoms with van der Waals surface area (Å²) in [5, 5.41) is 0. The molecule has 0 aliphatic heterocycles. The first-order chi connectivity index (χ1) is 5.34. The van der Waals surface area contributed by atoms with Crippen LogP contribution in [0.3, 0.4) is 0 Å². The third-order valence-electron chi connectivity index (χ3n) is 4.38. The summed E-state index contributed by atoms with van der Waals surface area (Å²) in [6.07, 6.45) is 10.1. The molecule has 3 aliphatic carbocycles. The third-order valence-corrected chi connectivity index (χ3v) is 4.38. The maximum atomic E-state index is 2.61. The van der Waals surface area contributed by atoms with Crippen molar-refractivity contribution in [1.82, 2.24) is 0 Å². The Morgan fingerprint density at radius 3 is 2.91 bits per heavy atom. The van der Waals surface area contributed by atoms with Crippen LogP contribution < -0.4 is 0 Å². The van der Waals surface area contributed by atoms with Gasteiger partial charge < -0.3 is 0 Å². The van der Waals surface area contributed by atoms with Gasteiger partial charge in [0, 0.05) is 0 Å². The third kappa shape index (κ3) is 0.579. The molecule has 60 valence electrons. The van der Waals surface area contributed by atoms with E-state index in [1.54, 1.807) is 6.42 Å². The highest BCUT2D eigenvalue weighted by Crippen LogP contribution is 2.66. The average Bonchev–Trinajstić information content (AvgIpc) is 2.47. The zero-order valence-corrected chi connectivity index (χ0v) is 7.27. The fraction of sp³-hybridized carbons (Fsp3) is 0.818. The normalized spacial score (nSPS) is 51.9. The van der Waals surface area contributed by atoms with Gasteiger partial charge in [-0.05, 0) is 42.9 Å². The number of fused-ring (bicyclic) bond motifs is 1. The molecule has 11 heavy (non-hydrogen) atoms. The molecule has 1 spiro atoms. The Morgan fingerprint density at radius 2 is 2.45 bits per heavy atom. The predicted octanol–water partition coefficient (Wildman–Crippen LogP) is 3.14. The van der Waals surface area contributed by atoms with Gasteiger partial charge in [-0.2, -0.15) is 0 Å². The lowest BCUT2D eigenvalue weighted by atomic mass is 9.64. The summed E-state index contributed by atoms with van der Waals surface area (Å²) in [5.41, 5.74) is 2.62. The molecule has 0 nitrogen and oxygen atoms in total. The van der Waals surface area contributed by atoms with E-state index in [0.29, 0.717) is 0 Å². The summed E-state index contributed by atoms with van der Waals surface area (Å²) in [7, 11) is 0. The van der Waals surface area contributed by atoms with Gasteiger partial charge in [0.05, 0.1) is 0 Å². The molecule has 0 saturated heterocycles. The molecule has 2 bridgehead atoms. The van der Waals surface area contributed by atoms with Crippen molar-refractivity contribution in [2.75, 3.05) is 0 Å². The summed E-state index contributed by atoms with van der Waals surface area (Å²) in [4.78, 5) is 0. The van der Waals surface area contributed by atoms with Crippen LogP contribution in [-0.4, -0.2) is 0 Å². The topological polar surface area (TPSA) is 0 Å². The van der Waals surface area contributed by atoms with E-state index >= 15 is 0 Å². The highest BCUT2D eigenvalue weighted by Gasteiger charge is 2.54. The minimum atomic E-state index is 0.783. The number of rotatable bonds is 1. The van der Waals surface area contributed by atoms with Crippen molar-refractivity contribution in [3.05, 3.63) is 11.6 Å². The first-order valence-electron chi connectivity index (χ1n) is 5.05. The first-order valence-corrected chi connectivity index (χ1v) is 5.05. The van der Waals surface area contributed by atoms with Crippen molar-refractivity contribution in [3.8, 4) is 0 Å². The molecular formula is C11H16. The highest BCUT2D eigenvalue weighted by molar-refractivity contribution is 5.34. The minimum absolute atomic E-state index is 0.783. The zero-order valence-electron chi connectivity index (χ0n) is 7.27. The summed E-state index contributed by atoms with van der Waals surface area (Å²) >= 11 is 0. The molecule has 0 radical (unpaired) electrons. The van der Waals surface area contributed by atoms with Gasteiger partial charge in [0.2, 0.25) is 0 Å². The fourth-order valence-corrected chi connectivity index (χ4v) is 3.60. The largest absolute Gasteiger partial charge is 0.0813 e. The van der Waals surface area contributed by atoms with Gasteiger partial charge in [-0.25, -0.2) is 0 Å². The fourth-order valence-electron chi connectivity index (χ4n) is 3.60. The summed E-state index contributed by atoms with van der Waals surface area (Å²) < 4.78 is 0. The van der Waals surface area contributed by atoms with Crippen LogP contribution in [0.5, 0.6) is 0 Å². The smallest absolute Gasteiger partial charge is 0.00764 e. The molecule has 3 unspecified atom stereocenters. The van der Waals surface area contributed by atoms with Crippen molar-refractivity contribution >= 4 is 0 Å². The highest BCUT2D eigenvalue weighted by atomic mass is 14.6. The van der Waals surface area contributed by atoms with E-state index in [4.69, 9.17) is 0 Å². The summed E-state index contributed by atoms with van der Waals surface area (Å²) in [5.74, 6) is 2.05. The maximum Gasteiger partial charge on any atom is -0.00764 e. The molecule has 0 amide bonds. The molecule has 0 N–H and O–H groups in total. The van der Waals surface area contributed by atoms with Gasteiger partial charge in [0.25, 0.3) is 0 Å². The van der Waals surface area contributed by atoms with E-state index in [-0.39, 0.29) is 0 Å². The van der Waals surface area contributed by atoms with E-state index in [1.165, 1.54) is 25.7 Å². The van der Waals surface area contributed by atoms with Gasteiger partial charge in [0.1, 0.15) is 0 Å². The van der Waals surface area contributed by atoms with Gasteiger partial charge in [-0.15, -0.1) is 0 Å². The van der Waals surface area contributed by atoms with Gasteiger partial charge >= 0.3 is 0 Å². The number of allylic oxidation sites excluding steroid dienone is 2. The minimum Gasteiger partial charge on any atom is -0.0813 e. The van der Waals surface area contributed by atoms with Crippen LogP contribution in [0.15, 0.2) is 11.6 Å². The second kappa shape index (κ2) is 1.73. The molecule has 0 aromatic heterocycles. The van der Waals surface area contributed by atoms with Crippen LogP contribution in [0, 0.1) is 17.3 Å². The van der Waals surface area contributed by atoms with Crippen molar-refractivity contribution in [3.63, 3.8) is 0 Å². The lowest BCUT2D eigenvalue weighted by Crippen LogP contribution is -2.28. The van der Waals surface area contributed by atoms with E-state index < -0.39 is 0 Å². The molecule has 3 aliphatic rings. The molecule has 2 fully saturated rings. The Morgan fingerprint density at radius 1 is 1.55 bits per heavy atom. The predicted molar refractivity (Wildman–Crippen MR) is 46.3 cm³/mol. The SMILES string of the molecule is CCC1CC23CCC2=CC1C3. The van der Waals surface area contributed by atoms with Gasteiger partial charge in [-0.3, -0.25) is 0 Å². The lowest BCUT2D eigenvalue weighted by molar-refractivity contribution is 0.240. The van der Waals surface area contributed by atoms with Crippen molar-refractivity contribution < 1.29 is 0 Å². The lowest BCUT2D eigenvalue weighted by Gasteiger charge is -2.41. The summed E-state index contributed by atoms with van der Waals surface area (Å²) in [6, 6.07) is 0. The number of hydrogen-bond acceptors (Lipinski definition) is 0. The average molecular weight is 148 g/mol. The van der Waals surface area contributed by atoms with Crippen molar-refractivity contribution in [1.29, 1.82) is 0 Å². The Kier molecular flexibility index (Phi) is 0.987. The van der Waals surface area contributed by atoms with Gasteiger partial charge in [-0.1, -0.05) is 25.0 Å². The van der Waals surface area contributed by atoms with Crippen LogP contribution >= 0.6 is 0 Å². The standard InChI is InChI=1S/C11H16/c1-2-8-6-11-4-3-10(11)5-9(8)7-11/h5,8-9H,2-4,6-7H2,1H3. The van der Waals surface area contributed by atoms with E-state index in [1.807, 2.05) is 5.57 Å². The molecule has 0 heteroatoms. The Labute approximate surface area is 68.7 Å². The molecule has 3 rings (SSSR count). The Balaban J connectivity index is 1.96. The van der Waals surface area contributed by atoms with Crippen LogP contribution in [-0.2, 0) is 0 Å². The zero-order chi connectivity index (χ0) is 7.47. The van der Waals surface area contributed by atoms with E-state index in [9.17, 15) is 0 Å². The Bertz CT molecular complexity index is 226. The Hall–Kier alpha value is -0.260.